The lowest BCUT2D eigenvalue weighted by Crippen LogP contribution is -2.47. The molecule has 1 saturated heterocycles. The first-order chi connectivity index (χ1) is 16.1. The maximum absolute atomic E-state index is 12.6. The quantitative estimate of drug-likeness (QED) is 0.469. The Bertz CT molecular complexity index is 1030. The first-order valence-corrected chi connectivity index (χ1v) is 11.7. The van der Waals surface area contributed by atoms with Crippen LogP contribution in [0.4, 0.5) is 5.82 Å². The van der Waals surface area contributed by atoms with Crippen molar-refractivity contribution in [1.82, 2.24) is 9.88 Å². The second-order valence-corrected chi connectivity index (χ2v) is 8.87. The minimum Gasteiger partial charge on any atom is -0.468 e. The molecule has 0 amide bonds. The number of hydrogen-bond acceptors (Lipinski definition) is 5. The first kappa shape index (κ1) is 23.0. The number of rotatable bonds is 8. The molecule has 2 aromatic carbocycles. The number of pyridine rings is 1. The molecule has 3 aromatic rings. The predicted octanol–water partition coefficient (Wildman–Crippen LogP) is 4.78. The summed E-state index contributed by atoms with van der Waals surface area (Å²) >= 11 is 0. The van der Waals surface area contributed by atoms with E-state index in [4.69, 9.17) is 9.72 Å². The highest BCUT2D eigenvalue weighted by molar-refractivity contribution is 5.82. The monoisotopic (exact) mass is 443 g/mol. The summed E-state index contributed by atoms with van der Waals surface area (Å²) in [6.07, 6.45) is 1.72. The van der Waals surface area contributed by atoms with E-state index in [-0.39, 0.29) is 5.97 Å². The molecule has 0 radical (unpaired) electrons. The molecule has 1 atom stereocenters. The van der Waals surface area contributed by atoms with Crippen LogP contribution in [0.2, 0.25) is 0 Å². The highest BCUT2D eigenvalue weighted by Gasteiger charge is 2.36. The maximum Gasteiger partial charge on any atom is 0.315 e. The Labute approximate surface area is 197 Å². The van der Waals surface area contributed by atoms with Crippen molar-refractivity contribution in [2.45, 2.75) is 25.2 Å². The lowest BCUT2D eigenvalue weighted by molar-refractivity contribution is -0.147. The molecular formula is C28H33N3O2. The average molecular weight is 444 g/mol. The highest BCUT2D eigenvalue weighted by atomic mass is 16.5. The van der Waals surface area contributed by atoms with Crippen LogP contribution in [0.3, 0.4) is 0 Å². The number of ether oxygens (including phenoxy) is 1. The lowest BCUT2D eigenvalue weighted by atomic mass is 9.78. The van der Waals surface area contributed by atoms with Crippen LogP contribution in [0, 0.1) is 0 Å². The van der Waals surface area contributed by atoms with Gasteiger partial charge in [0.2, 0.25) is 0 Å². The van der Waals surface area contributed by atoms with Gasteiger partial charge in [-0.25, -0.2) is 4.98 Å². The first-order valence-electron chi connectivity index (χ1n) is 11.7. The summed E-state index contributed by atoms with van der Waals surface area (Å²) in [4.78, 5) is 22.4. The van der Waals surface area contributed by atoms with Gasteiger partial charge in [-0.15, -0.1) is 0 Å². The van der Waals surface area contributed by atoms with Gasteiger partial charge in [-0.3, -0.25) is 9.69 Å². The molecular weight excluding hydrogens is 410 g/mol. The Morgan fingerprint density at radius 3 is 2.24 bits per heavy atom. The summed E-state index contributed by atoms with van der Waals surface area (Å²) in [6, 6.07) is 26.6. The number of carbonyl (C=O) groups is 1. The fraction of sp³-hybridized carbons (Fsp3) is 0.357. The number of hydrogen-bond donors (Lipinski definition) is 0. The number of methoxy groups -OCH3 is 1. The lowest BCUT2D eigenvalue weighted by Gasteiger charge is -2.36. The van der Waals surface area contributed by atoms with Crippen molar-refractivity contribution in [2.75, 3.05) is 44.7 Å². The summed E-state index contributed by atoms with van der Waals surface area (Å²) in [5.74, 6) is 0.876. The number of piperazine rings is 1. The summed E-state index contributed by atoms with van der Waals surface area (Å²) in [6.45, 7) is 6.88. The van der Waals surface area contributed by atoms with Crippen molar-refractivity contribution >= 4 is 11.8 Å². The van der Waals surface area contributed by atoms with Gasteiger partial charge in [-0.05, 0) is 44.0 Å². The Morgan fingerprint density at radius 2 is 1.58 bits per heavy atom. The minimum absolute atomic E-state index is 0.164. The molecule has 4 rings (SSSR count). The van der Waals surface area contributed by atoms with Crippen molar-refractivity contribution in [1.29, 1.82) is 0 Å². The average Bonchev–Trinajstić information content (AvgIpc) is 2.89. The molecule has 5 nitrogen and oxygen atoms in total. The third kappa shape index (κ3) is 5.42. The summed E-state index contributed by atoms with van der Waals surface area (Å²) < 4.78 is 5.15. The fourth-order valence-electron chi connectivity index (χ4n) is 4.62. The van der Waals surface area contributed by atoms with Crippen molar-refractivity contribution in [3.05, 3.63) is 84.4 Å². The van der Waals surface area contributed by atoms with E-state index in [2.05, 4.69) is 40.1 Å². The highest BCUT2D eigenvalue weighted by Crippen LogP contribution is 2.31. The van der Waals surface area contributed by atoms with Gasteiger partial charge in [-0.1, -0.05) is 66.7 Å². The Morgan fingerprint density at radius 1 is 0.909 bits per heavy atom. The van der Waals surface area contributed by atoms with E-state index >= 15 is 0 Å². The van der Waals surface area contributed by atoms with Gasteiger partial charge in [0.25, 0.3) is 0 Å². The van der Waals surface area contributed by atoms with Crippen molar-refractivity contribution < 1.29 is 9.53 Å². The van der Waals surface area contributed by atoms with E-state index in [0.717, 1.165) is 68.2 Å². The van der Waals surface area contributed by atoms with Crippen molar-refractivity contribution in [3.63, 3.8) is 0 Å². The molecule has 1 aromatic heterocycles. The molecule has 1 fully saturated rings. The van der Waals surface area contributed by atoms with E-state index in [1.54, 1.807) is 0 Å². The van der Waals surface area contributed by atoms with Gasteiger partial charge in [0, 0.05) is 31.7 Å². The molecule has 0 aliphatic carbocycles. The Kier molecular flexibility index (Phi) is 7.40. The largest absolute Gasteiger partial charge is 0.468 e. The zero-order chi connectivity index (χ0) is 23.1. The zero-order valence-corrected chi connectivity index (χ0v) is 19.6. The van der Waals surface area contributed by atoms with Crippen LogP contribution in [-0.2, 0) is 14.9 Å². The van der Waals surface area contributed by atoms with Gasteiger partial charge in [0.05, 0.1) is 18.2 Å². The van der Waals surface area contributed by atoms with Crippen LogP contribution in [0.5, 0.6) is 0 Å². The molecule has 172 valence electrons. The normalized spacial score (nSPS) is 16.2. The molecule has 1 unspecified atom stereocenters. The van der Waals surface area contributed by atoms with Gasteiger partial charge in [0.1, 0.15) is 5.82 Å². The number of carbonyl (C=O) groups excluding carboxylic acids is 1. The van der Waals surface area contributed by atoms with Gasteiger partial charge in [-0.2, -0.15) is 0 Å². The summed E-state index contributed by atoms with van der Waals surface area (Å²) in [7, 11) is 1.48. The zero-order valence-electron chi connectivity index (χ0n) is 19.6. The second-order valence-electron chi connectivity index (χ2n) is 8.87. The van der Waals surface area contributed by atoms with E-state index < -0.39 is 5.41 Å². The van der Waals surface area contributed by atoms with Crippen LogP contribution in [-0.4, -0.2) is 55.7 Å². The standard InChI is InChI=1S/C28H33N3O2/c1-28(27(32)33-2,24-13-7-4-8-14-24)17-10-18-30-19-21-31(22-20-30)26-16-9-15-25(29-26)23-11-5-3-6-12-23/h3-9,11-16H,10,17-22H2,1-2H3. The molecule has 0 N–H and O–H groups in total. The van der Waals surface area contributed by atoms with E-state index in [0.29, 0.717) is 0 Å². The number of esters is 1. The number of aromatic nitrogens is 1. The number of anilines is 1. The van der Waals surface area contributed by atoms with E-state index in [1.165, 1.54) is 7.11 Å². The minimum atomic E-state index is -0.611. The van der Waals surface area contributed by atoms with Gasteiger partial charge >= 0.3 is 5.97 Å². The Hall–Kier alpha value is -3.18. The smallest absolute Gasteiger partial charge is 0.315 e. The van der Waals surface area contributed by atoms with Crippen molar-refractivity contribution in [3.8, 4) is 11.3 Å². The second kappa shape index (κ2) is 10.6. The van der Waals surface area contributed by atoms with E-state index in [9.17, 15) is 4.79 Å². The van der Waals surface area contributed by atoms with Crippen LogP contribution < -0.4 is 4.90 Å². The third-order valence-electron chi connectivity index (χ3n) is 6.70. The maximum atomic E-state index is 12.6. The molecule has 0 saturated carbocycles. The molecule has 0 bridgehead atoms. The molecule has 33 heavy (non-hydrogen) atoms. The number of nitrogens with zero attached hydrogens (tertiary/aromatic N) is 3. The summed E-state index contributed by atoms with van der Waals surface area (Å²) in [5.41, 5.74) is 2.56. The molecule has 0 spiro atoms. The SMILES string of the molecule is COC(=O)C(C)(CCCN1CCN(c2cccc(-c3ccccc3)n2)CC1)c1ccccc1. The van der Waals surface area contributed by atoms with Crippen LogP contribution in [0.15, 0.2) is 78.9 Å². The van der Waals surface area contributed by atoms with Gasteiger partial charge in [0.15, 0.2) is 0 Å². The van der Waals surface area contributed by atoms with Gasteiger partial charge < -0.3 is 9.64 Å². The fourth-order valence-corrected chi connectivity index (χ4v) is 4.62. The third-order valence-corrected chi connectivity index (χ3v) is 6.70. The molecule has 1 aliphatic rings. The number of benzene rings is 2. The molecule has 5 heteroatoms. The Balaban J connectivity index is 1.31. The topological polar surface area (TPSA) is 45.7 Å². The van der Waals surface area contributed by atoms with Crippen molar-refractivity contribution in [2.24, 2.45) is 0 Å². The van der Waals surface area contributed by atoms with E-state index in [1.807, 2.05) is 55.5 Å². The molecule has 1 aliphatic heterocycles. The van der Waals surface area contributed by atoms with Crippen LogP contribution in [0.25, 0.3) is 11.3 Å². The van der Waals surface area contributed by atoms with Crippen LogP contribution in [0.1, 0.15) is 25.3 Å². The molecule has 2 heterocycles. The predicted molar refractivity (Wildman–Crippen MR) is 133 cm³/mol. The van der Waals surface area contributed by atoms with Crippen LogP contribution >= 0.6 is 0 Å². The summed E-state index contributed by atoms with van der Waals surface area (Å²) in [5, 5.41) is 0.